The lowest BCUT2D eigenvalue weighted by molar-refractivity contribution is 0.0944. The largest absolute Gasteiger partial charge is 0.350 e. The summed E-state index contributed by atoms with van der Waals surface area (Å²) in [6.45, 7) is 4.73. The Kier molecular flexibility index (Phi) is 3.82. The summed E-state index contributed by atoms with van der Waals surface area (Å²) in [6, 6.07) is 9.13. The molecule has 0 aliphatic carbocycles. The zero-order chi connectivity index (χ0) is 13.1. The molecule has 0 bridgehead atoms. The van der Waals surface area contributed by atoms with E-state index >= 15 is 0 Å². The Morgan fingerprint density at radius 1 is 1.33 bits per heavy atom. The molecule has 0 unspecified atom stereocenters. The maximum Gasteiger partial charge on any atom is 0.269 e. The summed E-state index contributed by atoms with van der Waals surface area (Å²) in [7, 11) is 0. The molecule has 0 spiro atoms. The van der Waals surface area contributed by atoms with Crippen LogP contribution in [0.5, 0.6) is 0 Å². The third-order valence-corrected chi connectivity index (χ3v) is 2.88. The maximum atomic E-state index is 11.9. The van der Waals surface area contributed by atoms with E-state index in [1.807, 2.05) is 32.0 Å². The SMILES string of the molecule is CC(C)CNC(=O)c1ccc2cccc(Cl)c2n1. The molecule has 1 aromatic heterocycles. The van der Waals surface area contributed by atoms with Gasteiger partial charge in [-0.2, -0.15) is 0 Å². The van der Waals surface area contributed by atoms with Crippen molar-refractivity contribution in [2.45, 2.75) is 13.8 Å². The smallest absolute Gasteiger partial charge is 0.269 e. The number of amides is 1. The van der Waals surface area contributed by atoms with Gasteiger partial charge in [0.2, 0.25) is 0 Å². The normalized spacial score (nSPS) is 10.9. The van der Waals surface area contributed by atoms with E-state index in [-0.39, 0.29) is 5.91 Å². The third kappa shape index (κ3) is 2.79. The fraction of sp³-hybridized carbons (Fsp3) is 0.286. The van der Waals surface area contributed by atoms with Crippen LogP contribution >= 0.6 is 11.6 Å². The van der Waals surface area contributed by atoms with Gasteiger partial charge in [-0.25, -0.2) is 4.98 Å². The van der Waals surface area contributed by atoms with Gasteiger partial charge in [-0.15, -0.1) is 0 Å². The van der Waals surface area contributed by atoms with Crippen LogP contribution in [-0.2, 0) is 0 Å². The van der Waals surface area contributed by atoms with E-state index < -0.39 is 0 Å². The van der Waals surface area contributed by atoms with Gasteiger partial charge in [-0.1, -0.05) is 43.6 Å². The van der Waals surface area contributed by atoms with E-state index in [0.29, 0.717) is 28.7 Å². The first-order valence-corrected chi connectivity index (χ1v) is 6.29. The second-order valence-corrected chi connectivity index (χ2v) is 5.02. The highest BCUT2D eigenvalue weighted by Crippen LogP contribution is 2.21. The summed E-state index contributed by atoms with van der Waals surface area (Å²) in [5.74, 6) is 0.253. The number of carbonyl (C=O) groups excluding carboxylic acids is 1. The van der Waals surface area contributed by atoms with Crippen molar-refractivity contribution < 1.29 is 4.79 Å². The number of pyridine rings is 1. The average Bonchev–Trinajstić information content (AvgIpc) is 2.36. The van der Waals surface area contributed by atoms with Crippen LogP contribution in [0.25, 0.3) is 10.9 Å². The quantitative estimate of drug-likeness (QED) is 0.922. The predicted molar refractivity (Wildman–Crippen MR) is 73.9 cm³/mol. The number of benzene rings is 1. The zero-order valence-electron chi connectivity index (χ0n) is 10.4. The molecule has 1 aromatic carbocycles. The first kappa shape index (κ1) is 12.8. The van der Waals surface area contributed by atoms with Gasteiger partial charge in [0.1, 0.15) is 5.69 Å². The van der Waals surface area contributed by atoms with Crippen LogP contribution in [0.1, 0.15) is 24.3 Å². The standard InChI is InChI=1S/C14H15ClN2O/c1-9(2)8-16-14(18)12-7-6-10-4-3-5-11(15)13(10)17-12/h3-7,9H,8H2,1-2H3,(H,16,18). The van der Waals surface area contributed by atoms with Gasteiger partial charge in [0, 0.05) is 11.9 Å². The predicted octanol–water partition coefficient (Wildman–Crippen LogP) is 3.27. The Hall–Kier alpha value is -1.61. The number of aromatic nitrogens is 1. The summed E-state index contributed by atoms with van der Waals surface area (Å²) in [5.41, 5.74) is 1.06. The highest BCUT2D eigenvalue weighted by Gasteiger charge is 2.09. The molecule has 4 heteroatoms. The minimum Gasteiger partial charge on any atom is -0.350 e. The number of fused-ring (bicyclic) bond motifs is 1. The highest BCUT2D eigenvalue weighted by molar-refractivity contribution is 6.35. The monoisotopic (exact) mass is 262 g/mol. The lowest BCUT2D eigenvalue weighted by Gasteiger charge is -2.08. The van der Waals surface area contributed by atoms with Crippen molar-refractivity contribution in [2.75, 3.05) is 6.54 Å². The molecule has 0 atom stereocenters. The van der Waals surface area contributed by atoms with Gasteiger partial charge in [-0.3, -0.25) is 4.79 Å². The average molecular weight is 263 g/mol. The van der Waals surface area contributed by atoms with Crippen LogP contribution in [0, 0.1) is 5.92 Å². The Balaban J connectivity index is 2.29. The van der Waals surface area contributed by atoms with Crippen LogP contribution < -0.4 is 5.32 Å². The molecule has 0 radical (unpaired) electrons. The molecular weight excluding hydrogens is 248 g/mol. The second-order valence-electron chi connectivity index (χ2n) is 4.61. The Morgan fingerprint density at radius 3 is 2.83 bits per heavy atom. The molecule has 0 aliphatic heterocycles. The Bertz CT molecular complexity index is 581. The van der Waals surface area contributed by atoms with Crippen LogP contribution in [-0.4, -0.2) is 17.4 Å². The molecule has 0 saturated carbocycles. The first-order valence-electron chi connectivity index (χ1n) is 5.91. The first-order chi connectivity index (χ1) is 8.58. The number of carbonyl (C=O) groups is 1. The molecular formula is C14H15ClN2O. The van der Waals surface area contributed by atoms with Crippen molar-refractivity contribution in [3.8, 4) is 0 Å². The molecule has 1 heterocycles. The van der Waals surface area contributed by atoms with Crippen molar-refractivity contribution in [2.24, 2.45) is 5.92 Å². The van der Waals surface area contributed by atoms with E-state index in [2.05, 4.69) is 10.3 Å². The number of para-hydroxylation sites is 1. The minimum atomic E-state index is -0.162. The molecule has 2 rings (SSSR count). The fourth-order valence-corrected chi connectivity index (χ4v) is 1.85. The van der Waals surface area contributed by atoms with Crippen LogP contribution in [0.15, 0.2) is 30.3 Å². The Morgan fingerprint density at radius 2 is 2.11 bits per heavy atom. The third-order valence-electron chi connectivity index (χ3n) is 2.57. The van der Waals surface area contributed by atoms with Gasteiger partial charge >= 0.3 is 0 Å². The zero-order valence-corrected chi connectivity index (χ0v) is 11.2. The molecule has 2 aromatic rings. The summed E-state index contributed by atoms with van der Waals surface area (Å²) < 4.78 is 0. The highest BCUT2D eigenvalue weighted by atomic mass is 35.5. The van der Waals surface area contributed by atoms with Gasteiger partial charge in [0.15, 0.2) is 0 Å². The molecule has 1 N–H and O–H groups in total. The maximum absolute atomic E-state index is 11.9. The van der Waals surface area contributed by atoms with E-state index in [4.69, 9.17) is 11.6 Å². The lowest BCUT2D eigenvalue weighted by Crippen LogP contribution is -2.28. The molecule has 18 heavy (non-hydrogen) atoms. The van der Waals surface area contributed by atoms with Gasteiger partial charge in [-0.05, 0) is 18.1 Å². The van der Waals surface area contributed by atoms with Crippen molar-refractivity contribution >= 4 is 28.4 Å². The van der Waals surface area contributed by atoms with Gasteiger partial charge < -0.3 is 5.32 Å². The van der Waals surface area contributed by atoms with Gasteiger partial charge in [0.05, 0.1) is 10.5 Å². The fourth-order valence-electron chi connectivity index (χ4n) is 1.62. The number of nitrogens with zero attached hydrogens (tertiary/aromatic N) is 1. The molecule has 1 amide bonds. The number of rotatable bonds is 3. The lowest BCUT2D eigenvalue weighted by atomic mass is 10.2. The van der Waals surface area contributed by atoms with Crippen molar-refractivity contribution in [3.63, 3.8) is 0 Å². The number of nitrogens with one attached hydrogen (secondary N) is 1. The number of halogens is 1. The summed E-state index contributed by atoms with van der Waals surface area (Å²) in [5, 5.41) is 4.33. The van der Waals surface area contributed by atoms with Crippen molar-refractivity contribution in [1.82, 2.24) is 10.3 Å². The molecule has 3 nitrogen and oxygen atoms in total. The number of hydrogen-bond donors (Lipinski definition) is 1. The second kappa shape index (κ2) is 5.36. The number of hydrogen-bond acceptors (Lipinski definition) is 2. The minimum absolute atomic E-state index is 0.162. The van der Waals surface area contributed by atoms with E-state index in [0.717, 1.165) is 5.39 Å². The summed E-state index contributed by atoms with van der Waals surface area (Å²) in [4.78, 5) is 16.2. The molecule has 0 saturated heterocycles. The topological polar surface area (TPSA) is 42.0 Å². The van der Waals surface area contributed by atoms with Crippen LogP contribution in [0.2, 0.25) is 5.02 Å². The van der Waals surface area contributed by atoms with E-state index in [9.17, 15) is 4.79 Å². The van der Waals surface area contributed by atoms with E-state index in [1.165, 1.54) is 0 Å². The molecule has 94 valence electrons. The van der Waals surface area contributed by atoms with Crippen LogP contribution in [0.3, 0.4) is 0 Å². The van der Waals surface area contributed by atoms with E-state index in [1.54, 1.807) is 12.1 Å². The Labute approximate surface area is 111 Å². The van der Waals surface area contributed by atoms with Crippen molar-refractivity contribution in [3.05, 3.63) is 41.0 Å². The summed E-state index contributed by atoms with van der Waals surface area (Å²) in [6.07, 6.45) is 0. The van der Waals surface area contributed by atoms with Crippen LogP contribution in [0.4, 0.5) is 0 Å². The molecule has 0 aliphatic rings. The molecule has 0 fully saturated rings. The summed E-state index contributed by atoms with van der Waals surface area (Å²) >= 11 is 6.07. The van der Waals surface area contributed by atoms with Crippen molar-refractivity contribution in [1.29, 1.82) is 0 Å². The van der Waals surface area contributed by atoms with Gasteiger partial charge in [0.25, 0.3) is 5.91 Å².